The molecule has 20 heavy (non-hydrogen) atoms. The number of fused-ring (bicyclic) bond motifs is 1. The van der Waals surface area contributed by atoms with E-state index in [9.17, 15) is 9.59 Å². The summed E-state index contributed by atoms with van der Waals surface area (Å²) in [5.74, 6) is -1.29. The monoisotopic (exact) mass is 323 g/mol. The third-order valence-corrected chi connectivity index (χ3v) is 5.73. The number of nitrogens with one attached hydrogen (secondary N) is 1. The predicted molar refractivity (Wildman–Crippen MR) is 83.7 cm³/mol. The van der Waals surface area contributed by atoms with Crippen molar-refractivity contribution in [3.05, 3.63) is 38.9 Å². The number of amides is 1. The molecule has 0 saturated heterocycles. The number of aromatic carboxylic acids is 1. The lowest BCUT2D eigenvalue weighted by atomic mass is 10.3. The molecule has 2 N–H and O–H groups in total. The van der Waals surface area contributed by atoms with E-state index >= 15 is 0 Å². The largest absolute Gasteiger partial charge is 0.478 e. The highest BCUT2D eigenvalue weighted by atomic mass is 32.1. The van der Waals surface area contributed by atoms with Crippen molar-refractivity contribution in [2.45, 2.75) is 6.92 Å². The Morgan fingerprint density at radius 1 is 1.20 bits per heavy atom. The molecule has 0 aromatic carbocycles. The van der Waals surface area contributed by atoms with Crippen molar-refractivity contribution in [2.24, 2.45) is 0 Å². The van der Waals surface area contributed by atoms with E-state index in [1.54, 1.807) is 17.4 Å². The highest BCUT2D eigenvalue weighted by Gasteiger charge is 2.18. The standard InChI is InChI=1S/C13H9NO3S3/c1-6-4-7(13(16)17)12(19-6)14-11(15)10-5-9-8(20-10)2-3-18-9/h2-5H,1H3,(H,14,15)(H,16,17). The summed E-state index contributed by atoms with van der Waals surface area (Å²) in [5, 5.41) is 14.2. The Labute approximate surface area is 126 Å². The average molecular weight is 323 g/mol. The fraction of sp³-hybridized carbons (Fsp3) is 0.0769. The minimum Gasteiger partial charge on any atom is -0.478 e. The Balaban J connectivity index is 1.89. The number of anilines is 1. The summed E-state index contributed by atoms with van der Waals surface area (Å²) in [4.78, 5) is 24.7. The summed E-state index contributed by atoms with van der Waals surface area (Å²) in [6.07, 6.45) is 0. The molecule has 0 fully saturated rings. The molecule has 0 bridgehead atoms. The number of thiophene rings is 3. The van der Waals surface area contributed by atoms with Crippen LogP contribution in [0.25, 0.3) is 9.40 Å². The van der Waals surface area contributed by atoms with Gasteiger partial charge in [-0.25, -0.2) is 4.79 Å². The van der Waals surface area contributed by atoms with Crippen LogP contribution in [0.2, 0.25) is 0 Å². The van der Waals surface area contributed by atoms with Crippen LogP contribution in [-0.2, 0) is 0 Å². The van der Waals surface area contributed by atoms with Gasteiger partial charge in [0.2, 0.25) is 0 Å². The third kappa shape index (κ3) is 2.35. The van der Waals surface area contributed by atoms with E-state index in [-0.39, 0.29) is 11.5 Å². The van der Waals surface area contributed by atoms with Gasteiger partial charge in [0, 0.05) is 14.3 Å². The van der Waals surface area contributed by atoms with Crippen LogP contribution in [0.4, 0.5) is 5.00 Å². The molecule has 4 nitrogen and oxygen atoms in total. The summed E-state index contributed by atoms with van der Waals surface area (Å²) in [5.41, 5.74) is 0.138. The molecule has 102 valence electrons. The van der Waals surface area contributed by atoms with Crippen molar-refractivity contribution < 1.29 is 14.7 Å². The van der Waals surface area contributed by atoms with Gasteiger partial charge in [-0.2, -0.15) is 0 Å². The first-order valence-electron chi connectivity index (χ1n) is 5.66. The van der Waals surface area contributed by atoms with E-state index in [0.29, 0.717) is 9.88 Å². The zero-order valence-electron chi connectivity index (χ0n) is 10.3. The Kier molecular flexibility index (Phi) is 3.33. The quantitative estimate of drug-likeness (QED) is 0.756. The topological polar surface area (TPSA) is 66.4 Å². The Morgan fingerprint density at radius 2 is 2.00 bits per heavy atom. The number of hydrogen-bond donors (Lipinski definition) is 2. The molecule has 0 radical (unpaired) electrons. The number of aryl methyl sites for hydroxylation is 1. The number of carbonyl (C=O) groups is 2. The molecule has 0 unspecified atom stereocenters. The van der Waals surface area contributed by atoms with Crippen LogP contribution in [0, 0.1) is 6.92 Å². The fourth-order valence-electron chi connectivity index (χ4n) is 1.81. The second kappa shape index (κ2) is 5.01. The SMILES string of the molecule is Cc1cc(C(=O)O)c(NC(=O)c2cc3sccc3s2)s1. The van der Waals surface area contributed by atoms with Crippen LogP contribution < -0.4 is 5.32 Å². The molecule has 3 aromatic rings. The summed E-state index contributed by atoms with van der Waals surface area (Å²) in [6.45, 7) is 1.81. The van der Waals surface area contributed by atoms with E-state index in [4.69, 9.17) is 5.11 Å². The highest BCUT2D eigenvalue weighted by molar-refractivity contribution is 7.28. The van der Waals surface area contributed by atoms with Gasteiger partial charge < -0.3 is 10.4 Å². The molecule has 0 spiro atoms. The third-order valence-electron chi connectivity index (χ3n) is 2.68. The van der Waals surface area contributed by atoms with Crippen molar-refractivity contribution >= 4 is 60.3 Å². The Morgan fingerprint density at radius 3 is 2.70 bits per heavy atom. The lowest BCUT2D eigenvalue weighted by molar-refractivity contribution is 0.0698. The van der Waals surface area contributed by atoms with E-state index in [0.717, 1.165) is 14.3 Å². The number of carbonyl (C=O) groups excluding carboxylic acids is 1. The van der Waals surface area contributed by atoms with E-state index < -0.39 is 5.97 Å². The van der Waals surface area contributed by atoms with Crippen molar-refractivity contribution in [3.8, 4) is 0 Å². The Bertz CT molecular complexity index is 783. The molecule has 3 rings (SSSR count). The van der Waals surface area contributed by atoms with Crippen LogP contribution in [0.5, 0.6) is 0 Å². The van der Waals surface area contributed by atoms with Crippen LogP contribution >= 0.6 is 34.0 Å². The smallest absolute Gasteiger partial charge is 0.338 e. The maximum absolute atomic E-state index is 12.2. The normalized spacial score (nSPS) is 10.8. The maximum Gasteiger partial charge on any atom is 0.338 e. The van der Waals surface area contributed by atoms with Crippen molar-refractivity contribution in [1.82, 2.24) is 0 Å². The summed E-state index contributed by atoms with van der Waals surface area (Å²) >= 11 is 4.26. The van der Waals surface area contributed by atoms with Gasteiger partial charge in [0.05, 0.1) is 10.4 Å². The van der Waals surface area contributed by atoms with E-state index in [2.05, 4.69) is 5.32 Å². The molecule has 0 aliphatic carbocycles. The second-order valence-corrected chi connectivity index (χ2v) is 7.41. The van der Waals surface area contributed by atoms with Crippen LogP contribution in [0.3, 0.4) is 0 Å². The minimum atomic E-state index is -1.03. The summed E-state index contributed by atoms with van der Waals surface area (Å²) < 4.78 is 2.14. The van der Waals surface area contributed by atoms with Gasteiger partial charge in [-0.3, -0.25) is 4.79 Å². The molecule has 3 aromatic heterocycles. The van der Waals surface area contributed by atoms with Crippen LogP contribution in [0.1, 0.15) is 24.9 Å². The zero-order chi connectivity index (χ0) is 14.3. The fourth-order valence-corrected chi connectivity index (χ4v) is 4.71. The van der Waals surface area contributed by atoms with E-state index in [1.807, 2.05) is 24.4 Å². The number of hydrogen-bond acceptors (Lipinski definition) is 5. The van der Waals surface area contributed by atoms with Gasteiger partial charge in [-0.05, 0) is 30.5 Å². The summed E-state index contributed by atoms with van der Waals surface area (Å²) in [6, 6.07) is 5.37. The van der Waals surface area contributed by atoms with Gasteiger partial charge >= 0.3 is 5.97 Å². The molecule has 1 amide bonds. The molecular formula is C13H9NO3S3. The molecule has 3 heterocycles. The number of rotatable bonds is 3. The first-order chi connectivity index (χ1) is 9.54. The lowest BCUT2D eigenvalue weighted by Crippen LogP contribution is -2.11. The van der Waals surface area contributed by atoms with Gasteiger partial charge in [0.1, 0.15) is 5.00 Å². The first kappa shape index (κ1) is 13.3. The second-order valence-electron chi connectivity index (χ2n) is 4.12. The molecule has 0 aliphatic rings. The van der Waals surface area contributed by atoms with Gasteiger partial charge in [0.15, 0.2) is 0 Å². The van der Waals surface area contributed by atoms with Crippen LogP contribution in [-0.4, -0.2) is 17.0 Å². The zero-order valence-corrected chi connectivity index (χ0v) is 12.7. The summed E-state index contributed by atoms with van der Waals surface area (Å²) in [7, 11) is 0. The average Bonchev–Trinajstić information content (AvgIpc) is 3.01. The molecule has 0 aliphatic heterocycles. The maximum atomic E-state index is 12.2. The van der Waals surface area contributed by atoms with Gasteiger partial charge in [-0.15, -0.1) is 34.0 Å². The van der Waals surface area contributed by atoms with Crippen molar-refractivity contribution in [3.63, 3.8) is 0 Å². The van der Waals surface area contributed by atoms with Crippen molar-refractivity contribution in [1.29, 1.82) is 0 Å². The first-order valence-corrected chi connectivity index (χ1v) is 8.18. The molecule has 0 atom stereocenters. The lowest BCUT2D eigenvalue weighted by Gasteiger charge is -2.01. The molecular weight excluding hydrogens is 314 g/mol. The number of carboxylic acid groups (broad SMARTS) is 1. The number of carboxylic acids is 1. The predicted octanol–water partition coefficient (Wildman–Crippen LogP) is 4.28. The minimum absolute atomic E-state index is 0.138. The van der Waals surface area contributed by atoms with Crippen molar-refractivity contribution in [2.75, 3.05) is 5.32 Å². The highest BCUT2D eigenvalue weighted by Crippen LogP contribution is 2.32. The van der Waals surface area contributed by atoms with E-state index in [1.165, 1.54) is 22.7 Å². The molecule has 7 heteroatoms. The van der Waals surface area contributed by atoms with Crippen LogP contribution in [0.15, 0.2) is 23.6 Å². The Hall–Kier alpha value is -1.70. The van der Waals surface area contributed by atoms with Gasteiger partial charge in [-0.1, -0.05) is 0 Å². The van der Waals surface area contributed by atoms with Gasteiger partial charge in [0.25, 0.3) is 5.91 Å². The molecule has 0 saturated carbocycles.